The molecule has 0 unspecified atom stereocenters. The van der Waals surface area contributed by atoms with Gasteiger partial charge in [-0.1, -0.05) is 37.3 Å². The average molecular weight is 326 g/mol. The van der Waals surface area contributed by atoms with Gasteiger partial charge in [0.1, 0.15) is 0 Å². The number of nitrogens with one attached hydrogen (secondary N) is 1. The van der Waals surface area contributed by atoms with Crippen LogP contribution in [-0.2, 0) is 13.0 Å². The smallest absolute Gasteiger partial charge is 0.257 e. The first-order chi connectivity index (χ1) is 11.7. The van der Waals surface area contributed by atoms with E-state index < -0.39 is 0 Å². The number of rotatable bonds is 6. The molecule has 1 saturated heterocycles. The summed E-state index contributed by atoms with van der Waals surface area (Å²) in [5.74, 6) is 0.688. The lowest BCUT2D eigenvalue weighted by molar-refractivity contribution is 0.0786. The van der Waals surface area contributed by atoms with E-state index in [-0.39, 0.29) is 5.91 Å². The Balaban J connectivity index is 1.75. The van der Waals surface area contributed by atoms with Crippen LogP contribution in [0, 0.1) is 5.92 Å². The molecule has 0 bridgehead atoms. The fourth-order valence-corrected chi connectivity index (χ4v) is 3.50. The van der Waals surface area contributed by atoms with Crippen LogP contribution in [0.25, 0.3) is 0 Å². The SMILES string of the molecule is CCc1c(C(=O)N2CC[C@H](CNC)C2)cnn1Cc1ccccc1. The minimum Gasteiger partial charge on any atom is -0.338 e. The fourth-order valence-electron chi connectivity index (χ4n) is 3.50. The second kappa shape index (κ2) is 7.62. The predicted molar refractivity (Wildman–Crippen MR) is 95.1 cm³/mol. The number of carbonyl (C=O) groups excluding carboxylic acids is 1. The second-order valence-electron chi connectivity index (χ2n) is 6.47. The monoisotopic (exact) mass is 326 g/mol. The Morgan fingerprint density at radius 3 is 2.83 bits per heavy atom. The largest absolute Gasteiger partial charge is 0.338 e. The van der Waals surface area contributed by atoms with Crippen LogP contribution in [-0.4, -0.2) is 47.3 Å². The molecule has 24 heavy (non-hydrogen) atoms. The van der Waals surface area contributed by atoms with E-state index in [1.807, 2.05) is 34.8 Å². The summed E-state index contributed by atoms with van der Waals surface area (Å²) >= 11 is 0. The molecule has 1 aliphatic heterocycles. The molecule has 0 radical (unpaired) electrons. The first kappa shape index (κ1) is 16.7. The quantitative estimate of drug-likeness (QED) is 0.885. The molecule has 1 atom stereocenters. The van der Waals surface area contributed by atoms with E-state index in [0.29, 0.717) is 12.5 Å². The van der Waals surface area contributed by atoms with E-state index in [9.17, 15) is 4.79 Å². The third kappa shape index (κ3) is 3.51. The van der Waals surface area contributed by atoms with Gasteiger partial charge >= 0.3 is 0 Å². The highest BCUT2D eigenvalue weighted by Crippen LogP contribution is 2.20. The summed E-state index contributed by atoms with van der Waals surface area (Å²) < 4.78 is 1.96. The summed E-state index contributed by atoms with van der Waals surface area (Å²) in [5.41, 5.74) is 2.99. The summed E-state index contributed by atoms with van der Waals surface area (Å²) in [4.78, 5) is 14.9. The van der Waals surface area contributed by atoms with Gasteiger partial charge in [0.05, 0.1) is 24.0 Å². The van der Waals surface area contributed by atoms with Crippen molar-refractivity contribution in [3.63, 3.8) is 0 Å². The van der Waals surface area contributed by atoms with Crippen LogP contribution in [0.15, 0.2) is 36.5 Å². The van der Waals surface area contributed by atoms with E-state index in [1.54, 1.807) is 6.20 Å². The third-order valence-corrected chi connectivity index (χ3v) is 4.76. The van der Waals surface area contributed by atoms with Crippen molar-refractivity contribution in [2.24, 2.45) is 5.92 Å². The van der Waals surface area contributed by atoms with Gasteiger partial charge in [-0.3, -0.25) is 9.48 Å². The molecular weight excluding hydrogens is 300 g/mol. The third-order valence-electron chi connectivity index (χ3n) is 4.76. The Kier molecular flexibility index (Phi) is 5.30. The molecule has 1 fully saturated rings. The summed E-state index contributed by atoms with van der Waals surface area (Å²) in [5, 5.41) is 7.70. The first-order valence-corrected chi connectivity index (χ1v) is 8.75. The normalized spacial score (nSPS) is 17.4. The number of hydrogen-bond donors (Lipinski definition) is 1. The molecule has 5 nitrogen and oxygen atoms in total. The van der Waals surface area contributed by atoms with E-state index in [4.69, 9.17) is 0 Å². The van der Waals surface area contributed by atoms with Crippen LogP contribution in [0.3, 0.4) is 0 Å². The zero-order valence-corrected chi connectivity index (χ0v) is 14.5. The Bertz CT molecular complexity index is 680. The Labute approximate surface area is 143 Å². The average Bonchev–Trinajstić information content (AvgIpc) is 3.22. The van der Waals surface area contributed by atoms with Gasteiger partial charge in [-0.25, -0.2) is 0 Å². The maximum atomic E-state index is 12.9. The van der Waals surface area contributed by atoms with Crippen molar-refractivity contribution in [1.82, 2.24) is 20.0 Å². The molecule has 5 heteroatoms. The number of benzene rings is 1. The van der Waals surface area contributed by atoms with Crippen LogP contribution in [0.4, 0.5) is 0 Å². The number of aromatic nitrogens is 2. The van der Waals surface area contributed by atoms with Gasteiger partial charge in [-0.2, -0.15) is 5.10 Å². The minimum atomic E-state index is 0.129. The molecule has 2 heterocycles. The van der Waals surface area contributed by atoms with Gasteiger partial charge in [0, 0.05) is 13.1 Å². The van der Waals surface area contributed by atoms with Crippen molar-refractivity contribution in [3.05, 3.63) is 53.3 Å². The fraction of sp³-hybridized carbons (Fsp3) is 0.474. The van der Waals surface area contributed by atoms with Crippen molar-refractivity contribution in [2.75, 3.05) is 26.7 Å². The molecule has 1 N–H and O–H groups in total. The van der Waals surface area contributed by atoms with E-state index in [1.165, 1.54) is 5.56 Å². The van der Waals surface area contributed by atoms with Gasteiger partial charge in [0.2, 0.25) is 0 Å². The summed E-state index contributed by atoms with van der Waals surface area (Å²) in [6.45, 7) is 5.45. The van der Waals surface area contributed by atoms with E-state index in [0.717, 1.165) is 43.7 Å². The molecule has 0 aliphatic carbocycles. The van der Waals surface area contributed by atoms with Crippen LogP contribution in [0.2, 0.25) is 0 Å². The lowest BCUT2D eigenvalue weighted by atomic mass is 10.1. The van der Waals surface area contributed by atoms with Gasteiger partial charge in [-0.05, 0) is 37.9 Å². The molecular formula is C19H26N4O. The highest BCUT2D eigenvalue weighted by molar-refractivity contribution is 5.95. The molecule has 2 aromatic rings. The first-order valence-electron chi connectivity index (χ1n) is 8.75. The Morgan fingerprint density at radius 1 is 1.33 bits per heavy atom. The van der Waals surface area contributed by atoms with Crippen molar-refractivity contribution in [1.29, 1.82) is 0 Å². The van der Waals surface area contributed by atoms with Crippen LogP contribution in [0.5, 0.6) is 0 Å². The lowest BCUT2D eigenvalue weighted by Crippen LogP contribution is -2.30. The van der Waals surface area contributed by atoms with Crippen molar-refractivity contribution in [3.8, 4) is 0 Å². The molecule has 1 aromatic carbocycles. The highest BCUT2D eigenvalue weighted by Gasteiger charge is 2.28. The number of hydrogen-bond acceptors (Lipinski definition) is 3. The number of carbonyl (C=O) groups is 1. The van der Waals surface area contributed by atoms with Gasteiger partial charge in [-0.15, -0.1) is 0 Å². The standard InChI is InChI=1S/C19H26N4O/c1-3-18-17(19(24)22-10-9-16(13-22)11-20-2)12-21-23(18)14-15-7-5-4-6-8-15/h4-8,12,16,20H,3,9-11,13-14H2,1-2H3/t16-/m1/s1. The van der Waals surface area contributed by atoms with Crippen LogP contribution >= 0.6 is 0 Å². The summed E-state index contributed by atoms with van der Waals surface area (Å²) in [7, 11) is 1.97. The molecule has 1 aromatic heterocycles. The van der Waals surface area contributed by atoms with E-state index >= 15 is 0 Å². The second-order valence-corrected chi connectivity index (χ2v) is 6.47. The van der Waals surface area contributed by atoms with E-state index in [2.05, 4.69) is 29.5 Å². The summed E-state index contributed by atoms with van der Waals surface area (Å²) in [6, 6.07) is 10.2. The molecule has 1 aliphatic rings. The molecule has 128 valence electrons. The zero-order chi connectivity index (χ0) is 16.9. The van der Waals surface area contributed by atoms with Gasteiger partial charge in [0.15, 0.2) is 0 Å². The number of amides is 1. The van der Waals surface area contributed by atoms with Crippen LogP contribution < -0.4 is 5.32 Å². The topological polar surface area (TPSA) is 50.2 Å². The van der Waals surface area contributed by atoms with Crippen molar-refractivity contribution >= 4 is 5.91 Å². The maximum Gasteiger partial charge on any atom is 0.257 e. The predicted octanol–water partition coefficient (Wildman–Crippen LogP) is 2.18. The van der Waals surface area contributed by atoms with Gasteiger partial charge in [0.25, 0.3) is 5.91 Å². The molecule has 3 rings (SSSR count). The number of likely N-dealkylation sites (tertiary alicyclic amines) is 1. The zero-order valence-electron chi connectivity index (χ0n) is 14.5. The number of nitrogens with zero attached hydrogens (tertiary/aromatic N) is 3. The minimum absolute atomic E-state index is 0.129. The van der Waals surface area contributed by atoms with Crippen molar-refractivity contribution in [2.45, 2.75) is 26.3 Å². The molecule has 1 amide bonds. The Hall–Kier alpha value is -2.14. The van der Waals surface area contributed by atoms with Crippen molar-refractivity contribution < 1.29 is 4.79 Å². The molecule has 0 spiro atoms. The van der Waals surface area contributed by atoms with Gasteiger partial charge < -0.3 is 10.2 Å². The lowest BCUT2D eigenvalue weighted by Gasteiger charge is -2.17. The van der Waals surface area contributed by atoms with Crippen LogP contribution in [0.1, 0.15) is 35.0 Å². The maximum absolute atomic E-state index is 12.9. The molecule has 0 saturated carbocycles. The Morgan fingerprint density at radius 2 is 2.12 bits per heavy atom. The highest BCUT2D eigenvalue weighted by atomic mass is 16.2. The summed E-state index contributed by atoms with van der Waals surface area (Å²) in [6.07, 6.45) is 3.63.